The number of benzene rings is 2. The standard InChI is InChI=1S/C32H46N2O2/c1-9-21-15-23(29(35)27(17-21)31(3,4)5)19-33-25-11-13-26(14-12-25)34-20-24-16-22(10-2)18-28(30(24)36)32(6,7)8/h15-20,25-26,35-36H,9-14H2,1-8H3. The molecule has 0 amide bonds. The lowest BCUT2D eigenvalue weighted by atomic mass is 9.83. The van der Waals surface area contributed by atoms with Gasteiger partial charge in [0.2, 0.25) is 0 Å². The Labute approximate surface area is 218 Å². The van der Waals surface area contributed by atoms with Crippen LogP contribution in [0.4, 0.5) is 0 Å². The first-order valence-electron chi connectivity index (χ1n) is 13.6. The molecule has 0 unspecified atom stereocenters. The zero-order chi connectivity index (χ0) is 26.7. The molecule has 196 valence electrons. The van der Waals surface area contributed by atoms with Crippen molar-refractivity contribution in [2.24, 2.45) is 9.98 Å². The molecular formula is C32H46N2O2. The fourth-order valence-electron chi connectivity index (χ4n) is 4.91. The highest BCUT2D eigenvalue weighted by atomic mass is 16.3. The van der Waals surface area contributed by atoms with Crippen molar-refractivity contribution in [3.05, 3.63) is 57.6 Å². The highest BCUT2D eigenvalue weighted by molar-refractivity contribution is 5.85. The minimum Gasteiger partial charge on any atom is -0.507 e. The molecule has 2 N–H and O–H groups in total. The second-order valence-corrected chi connectivity index (χ2v) is 12.4. The summed E-state index contributed by atoms with van der Waals surface area (Å²) in [5.74, 6) is 0.705. The number of hydrogen-bond acceptors (Lipinski definition) is 4. The van der Waals surface area contributed by atoms with E-state index in [9.17, 15) is 10.2 Å². The Morgan fingerprint density at radius 1 is 0.667 bits per heavy atom. The summed E-state index contributed by atoms with van der Waals surface area (Å²) in [7, 11) is 0. The van der Waals surface area contributed by atoms with Gasteiger partial charge in [0.1, 0.15) is 11.5 Å². The van der Waals surface area contributed by atoms with E-state index in [1.165, 1.54) is 11.1 Å². The van der Waals surface area contributed by atoms with Crippen LogP contribution in [0.15, 0.2) is 34.3 Å². The lowest BCUT2D eigenvalue weighted by Crippen LogP contribution is -2.20. The molecule has 0 atom stereocenters. The van der Waals surface area contributed by atoms with Gasteiger partial charge >= 0.3 is 0 Å². The molecule has 4 nitrogen and oxygen atoms in total. The topological polar surface area (TPSA) is 65.2 Å². The number of phenols is 2. The van der Waals surface area contributed by atoms with Gasteiger partial charge in [-0.05, 0) is 72.6 Å². The van der Waals surface area contributed by atoms with Gasteiger partial charge in [0.25, 0.3) is 0 Å². The van der Waals surface area contributed by atoms with E-state index >= 15 is 0 Å². The van der Waals surface area contributed by atoms with E-state index < -0.39 is 0 Å². The highest BCUT2D eigenvalue weighted by Gasteiger charge is 2.23. The van der Waals surface area contributed by atoms with Crippen molar-refractivity contribution in [2.45, 2.75) is 117 Å². The van der Waals surface area contributed by atoms with Crippen LogP contribution in [-0.2, 0) is 23.7 Å². The first kappa shape index (κ1) is 28.0. The summed E-state index contributed by atoms with van der Waals surface area (Å²) in [6, 6.07) is 8.87. The third kappa shape index (κ3) is 6.78. The van der Waals surface area contributed by atoms with Crippen LogP contribution in [0, 0.1) is 0 Å². The highest BCUT2D eigenvalue weighted by Crippen LogP contribution is 2.35. The second kappa shape index (κ2) is 11.2. The molecule has 0 bridgehead atoms. The van der Waals surface area contributed by atoms with E-state index in [4.69, 9.17) is 9.98 Å². The first-order valence-corrected chi connectivity index (χ1v) is 13.6. The summed E-state index contributed by atoms with van der Waals surface area (Å²) in [4.78, 5) is 9.73. The van der Waals surface area contributed by atoms with Crippen molar-refractivity contribution in [3.8, 4) is 11.5 Å². The minimum atomic E-state index is -0.118. The summed E-state index contributed by atoms with van der Waals surface area (Å²) >= 11 is 0. The van der Waals surface area contributed by atoms with E-state index in [-0.39, 0.29) is 22.9 Å². The van der Waals surface area contributed by atoms with Crippen LogP contribution in [0.3, 0.4) is 0 Å². The van der Waals surface area contributed by atoms with Gasteiger partial charge in [-0.15, -0.1) is 0 Å². The third-order valence-corrected chi connectivity index (χ3v) is 7.35. The fraction of sp³-hybridized carbons (Fsp3) is 0.562. The lowest BCUT2D eigenvalue weighted by molar-refractivity contribution is 0.399. The summed E-state index contributed by atoms with van der Waals surface area (Å²) in [5.41, 5.74) is 5.81. The van der Waals surface area contributed by atoms with Crippen LogP contribution in [0.5, 0.6) is 11.5 Å². The van der Waals surface area contributed by atoms with Gasteiger partial charge in [0.15, 0.2) is 0 Å². The number of aryl methyl sites for hydroxylation is 2. The molecule has 2 aromatic rings. The molecule has 1 aliphatic rings. The number of rotatable bonds is 6. The smallest absolute Gasteiger partial charge is 0.128 e. The van der Waals surface area contributed by atoms with Gasteiger partial charge in [0, 0.05) is 34.7 Å². The lowest BCUT2D eigenvalue weighted by Gasteiger charge is -2.25. The van der Waals surface area contributed by atoms with Crippen molar-refractivity contribution >= 4 is 12.4 Å². The molecule has 2 aromatic carbocycles. The van der Waals surface area contributed by atoms with Crippen molar-refractivity contribution < 1.29 is 10.2 Å². The molecule has 0 spiro atoms. The zero-order valence-electron chi connectivity index (χ0n) is 23.7. The fourth-order valence-corrected chi connectivity index (χ4v) is 4.91. The molecule has 1 aliphatic carbocycles. The molecule has 0 saturated heterocycles. The van der Waals surface area contributed by atoms with Gasteiger partial charge < -0.3 is 10.2 Å². The average molecular weight is 491 g/mol. The predicted octanol–water partition coefficient (Wildman–Crippen LogP) is 7.67. The Morgan fingerprint density at radius 3 is 1.28 bits per heavy atom. The van der Waals surface area contributed by atoms with E-state index in [2.05, 4.69) is 79.7 Å². The molecule has 3 rings (SSSR count). The third-order valence-electron chi connectivity index (χ3n) is 7.35. The Kier molecular flexibility index (Phi) is 8.69. The number of phenolic OH excluding ortho intramolecular Hbond substituents is 2. The molecular weight excluding hydrogens is 444 g/mol. The van der Waals surface area contributed by atoms with Gasteiger partial charge in [-0.2, -0.15) is 0 Å². The van der Waals surface area contributed by atoms with E-state index in [0.717, 1.165) is 60.8 Å². The monoisotopic (exact) mass is 490 g/mol. The summed E-state index contributed by atoms with van der Waals surface area (Å²) in [6.07, 6.45) is 9.53. The maximum atomic E-state index is 10.9. The zero-order valence-corrected chi connectivity index (χ0v) is 23.7. The van der Waals surface area contributed by atoms with Crippen molar-refractivity contribution in [1.82, 2.24) is 0 Å². The quantitative estimate of drug-likeness (QED) is 0.408. The molecule has 0 heterocycles. The van der Waals surface area contributed by atoms with Crippen LogP contribution >= 0.6 is 0 Å². The van der Waals surface area contributed by atoms with E-state index in [1.807, 2.05) is 12.4 Å². The number of aliphatic imine (C=N–C) groups is 2. The maximum absolute atomic E-state index is 10.9. The Hall–Kier alpha value is -2.62. The summed E-state index contributed by atoms with van der Waals surface area (Å²) in [5, 5.41) is 21.8. The molecule has 1 saturated carbocycles. The Balaban J connectivity index is 1.69. The number of aromatic hydroxyl groups is 2. The van der Waals surface area contributed by atoms with Crippen LogP contribution in [0.2, 0.25) is 0 Å². The average Bonchev–Trinajstić information content (AvgIpc) is 2.82. The van der Waals surface area contributed by atoms with Gasteiger partial charge in [-0.3, -0.25) is 9.98 Å². The molecule has 0 aliphatic heterocycles. The van der Waals surface area contributed by atoms with Crippen molar-refractivity contribution in [2.75, 3.05) is 0 Å². The molecule has 4 heteroatoms. The van der Waals surface area contributed by atoms with Crippen LogP contribution in [-0.4, -0.2) is 34.7 Å². The summed E-state index contributed by atoms with van der Waals surface area (Å²) in [6.45, 7) is 17.1. The molecule has 1 fully saturated rings. The van der Waals surface area contributed by atoms with Gasteiger partial charge in [0.05, 0.1) is 12.1 Å². The molecule has 0 radical (unpaired) electrons. The first-order chi connectivity index (χ1) is 16.8. The minimum absolute atomic E-state index is 0.118. The SMILES string of the molecule is CCc1cc(C=NC2CCC(N=Cc3cc(CC)cc(C(C)(C)C)c3O)CC2)c(O)c(C(C)(C)C)c1. The maximum Gasteiger partial charge on any atom is 0.128 e. The summed E-state index contributed by atoms with van der Waals surface area (Å²) < 4.78 is 0. The van der Waals surface area contributed by atoms with Gasteiger partial charge in [-0.1, -0.05) is 67.5 Å². The largest absolute Gasteiger partial charge is 0.507 e. The van der Waals surface area contributed by atoms with Crippen LogP contribution in [0.1, 0.15) is 114 Å². The van der Waals surface area contributed by atoms with Gasteiger partial charge in [-0.25, -0.2) is 0 Å². The Bertz CT molecular complexity index is 1020. The van der Waals surface area contributed by atoms with E-state index in [0.29, 0.717) is 11.5 Å². The molecule has 0 aromatic heterocycles. The van der Waals surface area contributed by atoms with E-state index in [1.54, 1.807) is 0 Å². The molecule has 36 heavy (non-hydrogen) atoms. The van der Waals surface area contributed by atoms with Crippen LogP contribution < -0.4 is 0 Å². The van der Waals surface area contributed by atoms with Crippen LogP contribution in [0.25, 0.3) is 0 Å². The van der Waals surface area contributed by atoms with Crippen molar-refractivity contribution in [3.63, 3.8) is 0 Å². The van der Waals surface area contributed by atoms with Crippen molar-refractivity contribution in [1.29, 1.82) is 0 Å². The second-order valence-electron chi connectivity index (χ2n) is 12.4. The Morgan fingerprint density at radius 2 is 1.00 bits per heavy atom. The normalized spacial score (nSPS) is 19.4. The number of hydrogen-bond donors (Lipinski definition) is 2. The predicted molar refractivity (Wildman–Crippen MR) is 154 cm³/mol. The number of nitrogens with zero attached hydrogens (tertiary/aromatic N) is 2.